The monoisotopic (exact) mass is 188 g/mol. The number of ketones is 1. The molecule has 1 aliphatic rings. The highest BCUT2D eigenvalue weighted by Gasteiger charge is 2.05. The summed E-state index contributed by atoms with van der Waals surface area (Å²) >= 11 is 0. The van der Waals surface area contributed by atoms with Gasteiger partial charge in [0.05, 0.1) is 6.61 Å². The first-order valence-corrected chi connectivity index (χ1v) is 4.46. The smallest absolute Gasteiger partial charge is 0.150 e. The van der Waals surface area contributed by atoms with Crippen LogP contribution in [0.3, 0.4) is 0 Å². The van der Waals surface area contributed by atoms with Crippen molar-refractivity contribution in [1.29, 1.82) is 0 Å². The lowest BCUT2D eigenvalue weighted by atomic mass is 10.00. The molecule has 0 amide bonds. The lowest BCUT2D eigenvalue weighted by Gasteiger charge is -2.05. The Labute approximate surface area is 77.6 Å². The number of aliphatic hydroxyl groups is 2. The number of aldehydes is 1. The molecule has 1 atom stereocenters. The first-order valence-electron chi connectivity index (χ1n) is 4.46. The molecule has 4 nitrogen and oxygen atoms in total. The molecule has 0 aromatic rings. The van der Waals surface area contributed by atoms with Gasteiger partial charge in [-0.05, 0) is 12.8 Å². The molecule has 13 heavy (non-hydrogen) atoms. The summed E-state index contributed by atoms with van der Waals surface area (Å²) in [5.41, 5.74) is 0. The van der Waals surface area contributed by atoms with E-state index in [2.05, 4.69) is 0 Å². The maximum Gasteiger partial charge on any atom is 0.150 e. The minimum atomic E-state index is -1.19. The fourth-order valence-corrected chi connectivity index (χ4v) is 0.989. The summed E-state index contributed by atoms with van der Waals surface area (Å²) < 4.78 is 0. The predicted molar refractivity (Wildman–Crippen MR) is 47.2 cm³/mol. The maximum atomic E-state index is 10.5. The molecule has 0 aromatic heterocycles. The Kier molecular flexibility index (Phi) is 7.44. The van der Waals surface area contributed by atoms with Crippen molar-refractivity contribution in [2.45, 2.75) is 38.2 Å². The minimum absolute atomic E-state index is 0.278. The van der Waals surface area contributed by atoms with Gasteiger partial charge in [-0.25, -0.2) is 0 Å². The van der Waals surface area contributed by atoms with Gasteiger partial charge < -0.3 is 15.0 Å². The van der Waals surface area contributed by atoms with E-state index in [1.807, 2.05) is 0 Å². The zero-order valence-corrected chi connectivity index (χ0v) is 7.61. The average Bonchev–Trinajstić information content (AvgIpc) is 2.19. The van der Waals surface area contributed by atoms with Gasteiger partial charge in [0.25, 0.3) is 0 Å². The largest absolute Gasteiger partial charge is 0.393 e. The molecule has 1 aliphatic carbocycles. The van der Waals surface area contributed by atoms with Crippen LogP contribution in [0.25, 0.3) is 0 Å². The van der Waals surface area contributed by atoms with Crippen LogP contribution >= 0.6 is 0 Å². The highest BCUT2D eigenvalue weighted by Crippen LogP contribution is 2.12. The summed E-state index contributed by atoms with van der Waals surface area (Å²) in [6.45, 7) is -0.483. The minimum Gasteiger partial charge on any atom is -0.393 e. The van der Waals surface area contributed by atoms with Gasteiger partial charge >= 0.3 is 0 Å². The zero-order chi connectivity index (χ0) is 10.1. The quantitative estimate of drug-likeness (QED) is 0.601. The molecule has 0 heterocycles. The molecule has 2 N–H and O–H groups in total. The van der Waals surface area contributed by atoms with E-state index in [0.717, 1.165) is 25.7 Å². The third-order valence-corrected chi connectivity index (χ3v) is 1.76. The molecular weight excluding hydrogens is 172 g/mol. The van der Waals surface area contributed by atoms with Crippen molar-refractivity contribution >= 4 is 12.1 Å². The first-order chi connectivity index (χ1) is 6.20. The summed E-state index contributed by atoms with van der Waals surface area (Å²) in [5.74, 6) is 0.464. The van der Waals surface area contributed by atoms with Crippen molar-refractivity contribution in [3.63, 3.8) is 0 Å². The predicted octanol–water partition coefficient (Wildman–Crippen LogP) is 0.0581. The summed E-state index contributed by atoms with van der Waals surface area (Å²) in [6.07, 6.45) is 4.33. The van der Waals surface area contributed by atoms with Gasteiger partial charge in [-0.2, -0.15) is 0 Å². The second-order valence-electron chi connectivity index (χ2n) is 2.99. The second kappa shape index (κ2) is 7.89. The lowest BCUT2D eigenvalue weighted by Crippen LogP contribution is -2.12. The van der Waals surface area contributed by atoms with Gasteiger partial charge in [0, 0.05) is 12.8 Å². The highest BCUT2D eigenvalue weighted by molar-refractivity contribution is 5.78. The van der Waals surface area contributed by atoms with Crippen molar-refractivity contribution in [3.05, 3.63) is 0 Å². The molecule has 1 unspecified atom stereocenters. The Morgan fingerprint density at radius 1 is 1.31 bits per heavy atom. The SMILES string of the molecule is O=C1CCCCC1.O=CC(O)CO. The third-order valence-electron chi connectivity index (χ3n) is 1.76. The molecule has 1 rings (SSSR count). The Morgan fingerprint density at radius 2 is 1.85 bits per heavy atom. The van der Waals surface area contributed by atoms with E-state index in [1.165, 1.54) is 6.42 Å². The number of hydrogen-bond acceptors (Lipinski definition) is 4. The Morgan fingerprint density at radius 3 is 2.00 bits per heavy atom. The van der Waals surface area contributed by atoms with Gasteiger partial charge in [-0.3, -0.25) is 4.79 Å². The average molecular weight is 188 g/mol. The standard InChI is InChI=1S/C6H10O.C3H6O3/c7-6-4-2-1-3-5-6;4-1-3(6)2-5/h1-5H2;1,3,5-6H,2H2. The van der Waals surface area contributed by atoms with Crippen molar-refractivity contribution in [1.82, 2.24) is 0 Å². The molecule has 4 heteroatoms. The molecule has 0 spiro atoms. The van der Waals surface area contributed by atoms with Crippen molar-refractivity contribution in [2.75, 3.05) is 6.61 Å². The highest BCUT2D eigenvalue weighted by atomic mass is 16.3. The second-order valence-corrected chi connectivity index (χ2v) is 2.99. The van der Waals surface area contributed by atoms with Gasteiger partial charge in [0.2, 0.25) is 0 Å². The Bertz CT molecular complexity index is 148. The molecule has 1 saturated carbocycles. The first kappa shape index (κ1) is 12.3. The number of Topliss-reactive ketones (excluding diaryl/α,β-unsaturated/α-hetero) is 1. The summed E-state index contributed by atoms with van der Waals surface area (Å²) in [4.78, 5) is 19.8. The number of carbonyl (C=O) groups excluding carboxylic acids is 2. The molecule has 0 radical (unpaired) electrons. The summed E-state index contributed by atoms with van der Waals surface area (Å²) in [6, 6.07) is 0. The van der Waals surface area contributed by atoms with Crippen LogP contribution in [0.15, 0.2) is 0 Å². The summed E-state index contributed by atoms with van der Waals surface area (Å²) in [5, 5.41) is 15.9. The van der Waals surface area contributed by atoms with Gasteiger partial charge in [-0.1, -0.05) is 6.42 Å². The van der Waals surface area contributed by atoms with Crippen molar-refractivity contribution < 1.29 is 19.8 Å². The van der Waals surface area contributed by atoms with E-state index in [1.54, 1.807) is 0 Å². The van der Waals surface area contributed by atoms with E-state index >= 15 is 0 Å². The van der Waals surface area contributed by atoms with Crippen LogP contribution in [0, 0.1) is 0 Å². The van der Waals surface area contributed by atoms with E-state index in [9.17, 15) is 9.59 Å². The van der Waals surface area contributed by atoms with Crippen molar-refractivity contribution in [3.8, 4) is 0 Å². The number of aliphatic hydroxyl groups excluding tert-OH is 2. The number of rotatable bonds is 2. The van der Waals surface area contributed by atoms with Crippen LogP contribution in [0.1, 0.15) is 32.1 Å². The molecule has 0 aliphatic heterocycles. The zero-order valence-electron chi connectivity index (χ0n) is 7.61. The fraction of sp³-hybridized carbons (Fsp3) is 0.778. The van der Waals surface area contributed by atoms with E-state index < -0.39 is 12.7 Å². The van der Waals surface area contributed by atoms with Crippen LogP contribution < -0.4 is 0 Å². The van der Waals surface area contributed by atoms with Crippen LogP contribution in [0.5, 0.6) is 0 Å². The van der Waals surface area contributed by atoms with Crippen LogP contribution in [-0.2, 0) is 9.59 Å². The molecule has 0 aromatic carbocycles. The van der Waals surface area contributed by atoms with E-state index in [0.29, 0.717) is 5.78 Å². The topological polar surface area (TPSA) is 74.6 Å². The Hall–Kier alpha value is -0.740. The molecular formula is C9H16O4. The van der Waals surface area contributed by atoms with E-state index in [-0.39, 0.29) is 6.29 Å². The molecule has 76 valence electrons. The molecule has 1 fully saturated rings. The van der Waals surface area contributed by atoms with E-state index in [4.69, 9.17) is 10.2 Å². The third kappa shape index (κ3) is 7.62. The Balaban J connectivity index is 0.000000226. The van der Waals surface area contributed by atoms with Gasteiger partial charge in [-0.15, -0.1) is 0 Å². The number of hydrogen-bond donors (Lipinski definition) is 2. The van der Waals surface area contributed by atoms with Gasteiger partial charge in [0.15, 0.2) is 6.29 Å². The lowest BCUT2D eigenvalue weighted by molar-refractivity contribution is -0.120. The normalized spacial score (nSPS) is 18.5. The van der Waals surface area contributed by atoms with Crippen molar-refractivity contribution in [2.24, 2.45) is 0 Å². The molecule has 0 saturated heterocycles. The van der Waals surface area contributed by atoms with Gasteiger partial charge in [0.1, 0.15) is 11.9 Å². The maximum absolute atomic E-state index is 10.5. The van der Waals surface area contributed by atoms with Crippen LogP contribution in [0.2, 0.25) is 0 Å². The van der Waals surface area contributed by atoms with Crippen LogP contribution in [-0.4, -0.2) is 35.0 Å². The number of carbonyl (C=O) groups is 2. The molecule has 0 bridgehead atoms. The fourth-order valence-electron chi connectivity index (χ4n) is 0.989. The summed E-state index contributed by atoms with van der Waals surface area (Å²) in [7, 11) is 0. The van der Waals surface area contributed by atoms with Crippen LogP contribution in [0.4, 0.5) is 0 Å².